The second-order valence-corrected chi connectivity index (χ2v) is 4.30. The van der Waals surface area contributed by atoms with Crippen LogP contribution in [0.5, 0.6) is 0 Å². The molecule has 0 N–H and O–H groups in total. The average molecular weight is 222 g/mol. The number of esters is 1. The highest BCUT2D eigenvalue weighted by Gasteiger charge is 2.12. The van der Waals surface area contributed by atoms with Crippen LogP contribution in [0.2, 0.25) is 0 Å². The Hall–Kier alpha value is -0.260. The van der Waals surface area contributed by atoms with Gasteiger partial charge in [0.05, 0.1) is 13.5 Å². The number of carbonyl (C=O) groups is 1. The highest BCUT2D eigenvalue weighted by atomic mass is 32.2. The molecular formula is C9H18O4S. The van der Waals surface area contributed by atoms with Crippen LogP contribution < -0.4 is 0 Å². The summed E-state index contributed by atoms with van der Waals surface area (Å²) in [6.07, 6.45) is 0.210. The number of rotatable bonds is 7. The molecule has 0 aromatic heterocycles. The summed E-state index contributed by atoms with van der Waals surface area (Å²) in [6.45, 7) is 1.98. The Balaban J connectivity index is 3.61. The van der Waals surface area contributed by atoms with Crippen molar-refractivity contribution >= 4 is 17.7 Å². The maximum atomic E-state index is 10.9. The van der Waals surface area contributed by atoms with Crippen LogP contribution in [-0.4, -0.2) is 44.6 Å². The van der Waals surface area contributed by atoms with Crippen molar-refractivity contribution in [3.8, 4) is 0 Å². The van der Waals surface area contributed by atoms with E-state index in [-0.39, 0.29) is 17.5 Å². The fourth-order valence-electron chi connectivity index (χ4n) is 0.852. The molecule has 0 aliphatic carbocycles. The quantitative estimate of drug-likeness (QED) is 0.480. The summed E-state index contributed by atoms with van der Waals surface area (Å²) in [5.74, 6) is 0.530. The SMILES string of the molecule is COC(=O)CC(C)SCC(OC)OC. The predicted octanol–water partition coefficient (Wildman–Crippen LogP) is 1.29. The summed E-state index contributed by atoms with van der Waals surface area (Å²) in [6, 6.07) is 0. The number of thioether (sulfide) groups is 1. The second-order valence-electron chi connectivity index (χ2n) is 2.83. The van der Waals surface area contributed by atoms with Crippen molar-refractivity contribution in [2.75, 3.05) is 27.1 Å². The van der Waals surface area contributed by atoms with Gasteiger partial charge in [0.1, 0.15) is 0 Å². The smallest absolute Gasteiger partial charge is 0.306 e. The first-order chi connectivity index (χ1) is 6.63. The van der Waals surface area contributed by atoms with Crippen molar-refractivity contribution in [3.05, 3.63) is 0 Å². The molecule has 0 aliphatic heterocycles. The molecule has 0 aromatic carbocycles. The van der Waals surface area contributed by atoms with Crippen LogP contribution in [-0.2, 0) is 19.0 Å². The molecule has 0 saturated carbocycles. The standard InChI is InChI=1S/C9H18O4S/c1-7(5-8(10)11-2)14-6-9(12-3)13-4/h7,9H,5-6H2,1-4H3. The van der Waals surface area contributed by atoms with Crippen LogP contribution in [0.15, 0.2) is 0 Å². The van der Waals surface area contributed by atoms with Crippen LogP contribution in [0.3, 0.4) is 0 Å². The number of hydrogen-bond acceptors (Lipinski definition) is 5. The van der Waals surface area contributed by atoms with Crippen molar-refractivity contribution in [3.63, 3.8) is 0 Å². The van der Waals surface area contributed by atoms with E-state index in [1.54, 1.807) is 26.0 Å². The third kappa shape index (κ3) is 6.23. The van der Waals surface area contributed by atoms with Gasteiger partial charge in [0, 0.05) is 25.2 Å². The van der Waals surface area contributed by atoms with E-state index >= 15 is 0 Å². The molecule has 0 heterocycles. The van der Waals surface area contributed by atoms with E-state index in [1.807, 2.05) is 6.92 Å². The molecule has 0 amide bonds. The van der Waals surface area contributed by atoms with Gasteiger partial charge in [-0.15, -0.1) is 0 Å². The van der Waals surface area contributed by atoms with Crippen LogP contribution in [0.4, 0.5) is 0 Å². The van der Waals surface area contributed by atoms with Crippen LogP contribution in [0, 0.1) is 0 Å². The average Bonchev–Trinajstić information content (AvgIpc) is 2.19. The molecule has 84 valence electrons. The van der Waals surface area contributed by atoms with E-state index < -0.39 is 0 Å². The minimum Gasteiger partial charge on any atom is -0.469 e. The highest BCUT2D eigenvalue weighted by Crippen LogP contribution is 2.16. The van der Waals surface area contributed by atoms with Crippen LogP contribution in [0.25, 0.3) is 0 Å². The molecule has 0 fully saturated rings. The molecule has 0 radical (unpaired) electrons. The molecule has 0 saturated heterocycles. The number of ether oxygens (including phenoxy) is 3. The van der Waals surface area contributed by atoms with Crippen molar-refractivity contribution in [1.29, 1.82) is 0 Å². The van der Waals surface area contributed by atoms with E-state index in [1.165, 1.54) is 7.11 Å². The first kappa shape index (κ1) is 13.7. The molecular weight excluding hydrogens is 204 g/mol. The van der Waals surface area contributed by atoms with E-state index in [0.29, 0.717) is 12.2 Å². The van der Waals surface area contributed by atoms with Gasteiger partial charge in [0.2, 0.25) is 0 Å². The normalized spacial score (nSPS) is 12.9. The lowest BCUT2D eigenvalue weighted by Gasteiger charge is -2.15. The lowest BCUT2D eigenvalue weighted by atomic mass is 10.3. The molecule has 5 heteroatoms. The minimum absolute atomic E-state index is 0.184. The molecule has 14 heavy (non-hydrogen) atoms. The first-order valence-electron chi connectivity index (χ1n) is 4.38. The molecule has 0 rings (SSSR count). The topological polar surface area (TPSA) is 44.8 Å². The molecule has 1 atom stereocenters. The number of methoxy groups -OCH3 is 3. The van der Waals surface area contributed by atoms with Gasteiger partial charge < -0.3 is 14.2 Å². The van der Waals surface area contributed by atoms with Crippen LogP contribution >= 0.6 is 11.8 Å². The van der Waals surface area contributed by atoms with Gasteiger partial charge in [-0.1, -0.05) is 6.92 Å². The largest absolute Gasteiger partial charge is 0.469 e. The molecule has 0 aromatic rings. The maximum Gasteiger partial charge on any atom is 0.306 e. The molecule has 0 spiro atoms. The van der Waals surface area contributed by atoms with Gasteiger partial charge >= 0.3 is 5.97 Å². The van der Waals surface area contributed by atoms with Crippen LogP contribution in [0.1, 0.15) is 13.3 Å². The van der Waals surface area contributed by atoms with E-state index in [2.05, 4.69) is 4.74 Å². The molecule has 0 aliphatic rings. The Bertz CT molecular complexity index is 159. The van der Waals surface area contributed by atoms with Gasteiger partial charge in [0.25, 0.3) is 0 Å². The third-order valence-electron chi connectivity index (χ3n) is 1.72. The molecule has 0 bridgehead atoms. The van der Waals surface area contributed by atoms with E-state index in [9.17, 15) is 4.79 Å². The summed E-state index contributed by atoms with van der Waals surface area (Å²) in [4.78, 5) is 10.9. The second kappa shape index (κ2) is 8.08. The summed E-state index contributed by atoms with van der Waals surface area (Å²) in [7, 11) is 4.59. The Morgan fingerprint density at radius 3 is 2.29 bits per heavy atom. The summed E-state index contributed by atoms with van der Waals surface area (Å²) in [5.41, 5.74) is 0. The molecule has 1 unspecified atom stereocenters. The highest BCUT2D eigenvalue weighted by molar-refractivity contribution is 7.99. The van der Waals surface area contributed by atoms with Gasteiger partial charge in [0.15, 0.2) is 6.29 Å². The molecule has 4 nitrogen and oxygen atoms in total. The summed E-state index contributed by atoms with van der Waals surface area (Å²) < 4.78 is 14.6. The number of carbonyl (C=O) groups excluding carboxylic acids is 1. The van der Waals surface area contributed by atoms with Gasteiger partial charge in [-0.05, 0) is 0 Å². The monoisotopic (exact) mass is 222 g/mol. The van der Waals surface area contributed by atoms with Crippen molar-refractivity contribution < 1.29 is 19.0 Å². The first-order valence-corrected chi connectivity index (χ1v) is 5.42. The van der Waals surface area contributed by atoms with Crippen molar-refractivity contribution in [1.82, 2.24) is 0 Å². The zero-order chi connectivity index (χ0) is 11.0. The van der Waals surface area contributed by atoms with Gasteiger partial charge in [-0.25, -0.2) is 0 Å². The fourth-order valence-corrected chi connectivity index (χ4v) is 1.86. The minimum atomic E-state index is -0.208. The van der Waals surface area contributed by atoms with Crippen molar-refractivity contribution in [2.24, 2.45) is 0 Å². The predicted molar refractivity (Wildman–Crippen MR) is 56.4 cm³/mol. The Morgan fingerprint density at radius 2 is 1.86 bits per heavy atom. The summed E-state index contributed by atoms with van der Waals surface area (Å²) >= 11 is 1.63. The fraction of sp³-hybridized carbons (Fsp3) is 0.889. The lowest BCUT2D eigenvalue weighted by molar-refractivity contribution is -0.140. The van der Waals surface area contributed by atoms with Gasteiger partial charge in [-0.3, -0.25) is 4.79 Å². The Kier molecular flexibility index (Phi) is 7.93. The van der Waals surface area contributed by atoms with Crippen molar-refractivity contribution in [2.45, 2.75) is 24.9 Å². The third-order valence-corrected chi connectivity index (χ3v) is 2.92. The summed E-state index contributed by atoms with van der Waals surface area (Å²) in [5, 5.41) is 0.218. The Morgan fingerprint density at radius 1 is 1.29 bits per heavy atom. The maximum absolute atomic E-state index is 10.9. The van der Waals surface area contributed by atoms with E-state index in [4.69, 9.17) is 9.47 Å². The lowest BCUT2D eigenvalue weighted by Crippen LogP contribution is -2.18. The van der Waals surface area contributed by atoms with Gasteiger partial charge in [-0.2, -0.15) is 11.8 Å². The zero-order valence-electron chi connectivity index (χ0n) is 9.11. The van der Waals surface area contributed by atoms with E-state index in [0.717, 1.165) is 0 Å². The Labute approximate surface area is 89.3 Å². The number of hydrogen-bond donors (Lipinski definition) is 0. The zero-order valence-corrected chi connectivity index (χ0v) is 9.93.